The van der Waals surface area contributed by atoms with Crippen molar-refractivity contribution in [2.24, 2.45) is 5.73 Å². The third-order valence-electron chi connectivity index (χ3n) is 2.53. The van der Waals surface area contributed by atoms with E-state index in [0.29, 0.717) is 6.04 Å². The Kier molecular flexibility index (Phi) is 5.75. The molecule has 0 aliphatic carbocycles. The molecule has 92 valence electrons. The molecule has 2 unspecified atom stereocenters. The maximum atomic E-state index is 5.80. The van der Waals surface area contributed by atoms with Crippen molar-refractivity contribution >= 4 is 23.1 Å². The molecule has 0 aliphatic rings. The summed E-state index contributed by atoms with van der Waals surface area (Å²) in [4.78, 5) is 6.87. The van der Waals surface area contributed by atoms with Crippen molar-refractivity contribution in [2.45, 2.75) is 32.5 Å². The molecule has 1 heterocycles. The summed E-state index contributed by atoms with van der Waals surface area (Å²) in [7, 11) is 2.14. The number of thioether (sulfide) groups is 1. The lowest BCUT2D eigenvalue weighted by Crippen LogP contribution is -2.30. The van der Waals surface area contributed by atoms with Gasteiger partial charge in [-0.15, -0.1) is 11.3 Å². The highest BCUT2D eigenvalue weighted by atomic mass is 32.2. The van der Waals surface area contributed by atoms with Gasteiger partial charge in [0, 0.05) is 23.7 Å². The Balaban J connectivity index is 2.52. The number of rotatable bonds is 6. The van der Waals surface area contributed by atoms with Crippen LogP contribution in [0.15, 0.2) is 5.38 Å². The van der Waals surface area contributed by atoms with E-state index >= 15 is 0 Å². The van der Waals surface area contributed by atoms with E-state index in [1.165, 1.54) is 0 Å². The zero-order valence-corrected chi connectivity index (χ0v) is 12.1. The van der Waals surface area contributed by atoms with Gasteiger partial charge in [0.1, 0.15) is 5.01 Å². The van der Waals surface area contributed by atoms with E-state index < -0.39 is 0 Å². The van der Waals surface area contributed by atoms with Crippen molar-refractivity contribution in [3.63, 3.8) is 0 Å². The number of hydrogen-bond acceptors (Lipinski definition) is 5. The van der Waals surface area contributed by atoms with Crippen LogP contribution < -0.4 is 5.73 Å². The quantitative estimate of drug-likeness (QED) is 0.851. The number of thiazole rings is 1. The summed E-state index contributed by atoms with van der Waals surface area (Å²) in [5, 5.41) is 3.14. The zero-order chi connectivity index (χ0) is 12.1. The van der Waals surface area contributed by atoms with Gasteiger partial charge in [-0.3, -0.25) is 4.90 Å². The monoisotopic (exact) mass is 259 g/mol. The van der Waals surface area contributed by atoms with Gasteiger partial charge in [0.2, 0.25) is 0 Å². The van der Waals surface area contributed by atoms with Crippen LogP contribution in [0.25, 0.3) is 0 Å². The van der Waals surface area contributed by atoms with Gasteiger partial charge in [0.05, 0.1) is 11.7 Å². The minimum Gasteiger partial charge on any atom is -0.322 e. The SMILES string of the molecule is CSCC(C)N(C)Cc1csc(C(C)N)n1. The molecule has 0 aliphatic heterocycles. The number of nitrogens with zero attached hydrogens (tertiary/aromatic N) is 2. The van der Waals surface area contributed by atoms with E-state index in [1.54, 1.807) is 11.3 Å². The van der Waals surface area contributed by atoms with Crippen molar-refractivity contribution < 1.29 is 0 Å². The molecule has 0 amide bonds. The largest absolute Gasteiger partial charge is 0.322 e. The second-order valence-corrected chi connectivity index (χ2v) is 5.99. The third-order valence-corrected chi connectivity index (χ3v) is 4.44. The van der Waals surface area contributed by atoms with E-state index in [9.17, 15) is 0 Å². The van der Waals surface area contributed by atoms with Crippen LogP contribution in [-0.2, 0) is 6.54 Å². The molecule has 0 spiro atoms. The Labute approximate surface area is 106 Å². The molecule has 0 radical (unpaired) electrons. The molecule has 5 heteroatoms. The molecule has 1 aromatic rings. The third kappa shape index (κ3) is 4.05. The summed E-state index contributed by atoms with van der Waals surface area (Å²) in [6, 6.07) is 0.628. The molecule has 16 heavy (non-hydrogen) atoms. The van der Waals surface area contributed by atoms with E-state index in [4.69, 9.17) is 5.73 Å². The van der Waals surface area contributed by atoms with Crippen molar-refractivity contribution in [2.75, 3.05) is 19.1 Å². The topological polar surface area (TPSA) is 42.1 Å². The summed E-state index contributed by atoms with van der Waals surface area (Å²) >= 11 is 3.54. The maximum Gasteiger partial charge on any atom is 0.109 e. The van der Waals surface area contributed by atoms with E-state index in [-0.39, 0.29) is 6.04 Å². The molecule has 0 bridgehead atoms. The molecule has 2 atom stereocenters. The fourth-order valence-electron chi connectivity index (χ4n) is 1.38. The summed E-state index contributed by atoms with van der Waals surface area (Å²) in [6.45, 7) is 5.13. The number of hydrogen-bond donors (Lipinski definition) is 1. The summed E-state index contributed by atoms with van der Waals surface area (Å²) in [5.74, 6) is 1.15. The lowest BCUT2D eigenvalue weighted by molar-refractivity contribution is 0.267. The van der Waals surface area contributed by atoms with Crippen LogP contribution in [0.1, 0.15) is 30.6 Å². The van der Waals surface area contributed by atoms with Crippen LogP contribution in [0.3, 0.4) is 0 Å². The first-order chi connectivity index (χ1) is 7.54. The second kappa shape index (κ2) is 6.59. The van der Waals surface area contributed by atoms with Crippen molar-refractivity contribution in [3.8, 4) is 0 Å². The van der Waals surface area contributed by atoms with Gasteiger partial charge in [-0.2, -0.15) is 11.8 Å². The van der Waals surface area contributed by atoms with Gasteiger partial charge < -0.3 is 5.73 Å². The molecule has 0 saturated heterocycles. The number of aromatic nitrogens is 1. The van der Waals surface area contributed by atoms with Crippen LogP contribution in [0.4, 0.5) is 0 Å². The van der Waals surface area contributed by atoms with Gasteiger partial charge in [-0.05, 0) is 27.2 Å². The maximum absolute atomic E-state index is 5.80. The van der Waals surface area contributed by atoms with Gasteiger partial charge in [0.15, 0.2) is 0 Å². The van der Waals surface area contributed by atoms with E-state index in [0.717, 1.165) is 23.0 Å². The molecule has 3 nitrogen and oxygen atoms in total. The highest BCUT2D eigenvalue weighted by Gasteiger charge is 2.12. The predicted octanol–water partition coefficient (Wildman–Crippen LogP) is 2.35. The van der Waals surface area contributed by atoms with Gasteiger partial charge in [-0.25, -0.2) is 4.98 Å². The minimum absolute atomic E-state index is 0.0488. The molecule has 1 rings (SSSR count). The first-order valence-electron chi connectivity index (χ1n) is 5.43. The Morgan fingerprint density at radius 2 is 2.25 bits per heavy atom. The molecule has 0 saturated carbocycles. The van der Waals surface area contributed by atoms with Crippen LogP contribution in [0.2, 0.25) is 0 Å². The first-order valence-corrected chi connectivity index (χ1v) is 7.71. The predicted molar refractivity (Wildman–Crippen MR) is 74.0 cm³/mol. The van der Waals surface area contributed by atoms with Gasteiger partial charge in [-0.1, -0.05) is 0 Å². The molecule has 1 aromatic heterocycles. The Bertz CT molecular complexity index is 312. The average molecular weight is 259 g/mol. The Hall–Kier alpha value is -0.100. The molecular formula is C11H21N3S2. The van der Waals surface area contributed by atoms with Crippen molar-refractivity contribution in [1.82, 2.24) is 9.88 Å². The molecule has 2 N–H and O–H groups in total. The highest BCUT2D eigenvalue weighted by Crippen LogP contribution is 2.17. The highest BCUT2D eigenvalue weighted by molar-refractivity contribution is 7.98. The molecular weight excluding hydrogens is 238 g/mol. The van der Waals surface area contributed by atoms with E-state index in [1.807, 2.05) is 18.7 Å². The lowest BCUT2D eigenvalue weighted by Gasteiger charge is -2.22. The Morgan fingerprint density at radius 1 is 1.56 bits per heavy atom. The molecule has 0 aromatic carbocycles. The van der Waals surface area contributed by atoms with Gasteiger partial charge >= 0.3 is 0 Å². The Morgan fingerprint density at radius 3 is 2.75 bits per heavy atom. The summed E-state index contributed by atoms with van der Waals surface area (Å²) in [5.41, 5.74) is 6.93. The van der Waals surface area contributed by atoms with Crippen LogP contribution >= 0.6 is 23.1 Å². The van der Waals surface area contributed by atoms with Crippen molar-refractivity contribution in [3.05, 3.63) is 16.1 Å². The zero-order valence-electron chi connectivity index (χ0n) is 10.4. The first kappa shape index (κ1) is 14.0. The fourth-order valence-corrected chi connectivity index (χ4v) is 2.89. The fraction of sp³-hybridized carbons (Fsp3) is 0.727. The lowest BCUT2D eigenvalue weighted by atomic mass is 10.3. The van der Waals surface area contributed by atoms with Crippen LogP contribution in [0, 0.1) is 0 Å². The van der Waals surface area contributed by atoms with Crippen molar-refractivity contribution in [1.29, 1.82) is 0 Å². The van der Waals surface area contributed by atoms with E-state index in [2.05, 4.69) is 35.5 Å². The van der Waals surface area contributed by atoms with Crippen LogP contribution in [0.5, 0.6) is 0 Å². The average Bonchev–Trinajstić information content (AvgIpc) is 2.66. The second-order valence-electron chi connectivity index (χ2n) is 4.19. The standard InChI is InChI=1S/C11H21N3S2/c1-8(6-15-4)14(3)5-10-7-16-11(13-10)9(2)12/h7-9H,5-6,12H2,1-4H3. The molecule has 0 fully saturated rings. The number of nitrogens with two attached hydrogens (primary N) is 1. The normalized spacial score (nSPS) is 15.4. The van der Waals surface area contributed by atoms with Crippen LogP contribution in [-0.4, -0.2) is 35.0 Å². The summed E-state index contributed by atoms with van der Waals surface area (Å²) < 4.78 is 0. The minimum atomic E-state index is 0.0488. The summed E-state index contributed by atoms with van der Waals surface area (Å²) in [6.07, 6.45) is 2.14. The van der Waals surface area contributed by atoms with Gasteiger partial charge in [0.25, 0.3) is 0 Å². The smallest absolute Gasteiger partial charge is 0.109 e.